The third-order valence-corrected chi connectivity index (χ3v) is 12.4. The highest BCUT2D eigenvalue weighted by atomic mass is 19.2. The SMILES string of the molecule is Cn1c(=O)n([C@@H]2CCC(=O)NC2=O)c2cccc(CN3CCN(c4ncc(-c5ccc6cn(C7CCC(CNC(=O)c8cc(F)c(O)c(F)c8F)CC7)nc6c5)cn4)CC3)c21. The maximum absolute atomic E-state index is 14.2. The number of halogens is 3. The van der Waals surface area contributed by atoms with Gasteiger partial charge in [0.1, 0.15) is 6.04 Å². The van der Waals surface area contributed by atoms with E-state index in [1.807, 2.05) is 59.7 Å². The molecule has 316 valence electrons. The first kappa shape index (κ1) is 39.9. The number of nitrogens with zero attached hydrogens (tertiary/aromatic N) is 8. The Balaban J connectivity index is 0.788. The van der Waals surface area contributed by atoms with Crippen LogP contribution in [-0.4, -0.2) is 89.3 Å². The molecular formula is C43H43F3N10O5. The Morgan fingerprint density at radius 3 is 2.41 bits per heavy atom. The summed E-state index contributed by atoms with van der Waals surface area (Å²) < 4.78 is 46.7. The molecule has 15 nitrogen and oxygen atoms in total. The first-order valence-corrected chi connectivity index (χ1v) is 20.4. The number of piperazine rings is 1. The Morgan fingerprint density at radius 2 is 1.67 bits per heavy atom. The van der Waals surface area contributed by atoms with Gasteiger partial charge in [-0.2, -0.15) is 9.49 Å². The van der Waals surface area contributed by atoms with Crippen LogP contribution in [0.5, 0.6) is 5.75 Å². The normalized spacial score (nSPS) is 20.1. The average molecular weight is 837 g/mol. The molecule has 0 bridgehead atoms. The number of para-hydroxylation sites is 1. The standard InChI is InChI=1S/C43H43F3N10O5/c1-52-38-27(3-2-4-33(38)56(43(52)61)34-11-12-35(57)50-41(34)60)22-53-13-15-54(16-14-53)42-48-20-28(21-49-42)25-7-8-26-23-55(51-32(26)17-25)29-9-5-24(6-10-29)19-47-40(59)30-18-31(44)39(58)37(46)36(30)45/h2-4,7-8,17-18,20-21,23-24,29,34,58H,5-6,9-16,19,22H2,1H3,(H,47,59)(H,50,57,60)/t24?,29?,34-/m1/s1. The van der Waals surface area contributed by atoms with Gasteiger partial charge in [0, 0.05) is 82.3 Å². The number of imidazole rings is 1. The van der Waals surface area contributed by atoms with Gasteiger partial charge in [0.15, 0.2) is 17.4 Å². The van der Waals surface area contributed by atoms with Gasteiger partial charge in [-0.1, -0.05) is 24.3 Å². The molecule has 0 unspecified atom stereocenters. The maximum Gasteiger partial charge on any atom is 0.329 e. The van der Waals surface area contributed by atoms with Gasteiger partial charge in [0.25, 0.3) is 5.91 Å². The van der Waals surface area contributed by atoms with E-state index >= 15 is 0 Å². The highest BCUT2D eigenvalue weighted by Crippen LogP contribution is 2.34. The molecule has 1 saturated carbocycles. The predicted octanol–water partition coefficient (Wildman–Crippen LogP) is 4.73. The number of imide groups is 1. The first-order valence-electron chi connectivity index (χ1n) is 20.4. The van der Waals surface area contributed by atoms with Crippen molar-refractivity contribution in [1.82, 2.24) is 44.4 Å². The lowest BCUT2D eigenvalue weighted by Gasteiger charge is -2.34. The molecule has 0 spiro atoms. The van der Waals surface area contributed by atoms with Gasteiger partial charge >= 0.3 is 5.69 Å². The molecule has 6 aromatic rings. The van der Waals surface area contributed by atoms with E-state index in [9.17, 15) is 37.5 Å². The van der Waals surface area contributed by atoms with Crippen molar-refractivity contribution in [2.45, 2.75) is 57.2 Å². The molecule has 1 atom stereocenters. The molecule has 3 aliphatic rings. The number of hydrogen-bond acceptors (Lipinski definition) is 10. The first-order chi connectivity index (χ1) is 29.4. The Hall–Kier alpha value is -6.56. The highest BCUT2D eigenvalue weighted by molar-refractivity contribution is 6.00. The van der Waals surface area contributed by atoms with Crippen molar-refractivity contribution in [3.8, 4) is 16.9 Å². The topological polar surface area (TPSA) is 173 Å². The monoisotopic (exact) mass is 836 g/mol. The minimum absolute atomic E-state index is 0.102. The summed E-state index contributed by atoms with van der Waals surface area (Å²) in [4.78, 5) is 64.2. The minimum Gasteiger partial charge on any atom is -0.503 e. The summed E-state index contributed by atoms with van der Waals surface area (Å²) >= 11 is 0. The number of fused-ring (bicyclic) bond motifs is 2. The lowest BCUT2D eigenvalue weighted by molar-refractivity contribution is -0.135. The van der Waals surface area contributed by atoms with Crippen LogP contribution in [0.1, 0.15) is 66.5 Å². The summed E-state index contributed by atoms with van der Waals surface area (Å²) in [5.74, 6) is -7.21. The maximum atomic E-state index is 14.2. The summed E-state index contributed by atoms with van der Waals surface area (Å²) in [6, 6.07) is 11.7. The van der Waals surface area contributed by atoms with Crippen LogP contribution in [0.3, 0.4) is 0 Å². The van der Waals surface area contributed by atoms with Gasteiger partial charge in [-0.25, -0.2) is 23.5 Å². The van der Waals surface area contributed by atoms with Crippen LogP contribution < -0.4 is 21.2 Å². The van der Waals surface area contributed by atoms with Crippen molar-refractivity contribution in [2.75, 3.05) is 37.6 Å². The van der Waals surface area contributed by atoms with Crippen molar-refractivity contribution in [1.29, 1.82) is 0 Å². The van der Waals surface area contributed by atoms with Gasteiger partial charge < -0.3 is 15.3 Å². The molecule has 3 aromatic heterocycles. The molecule has 2 saturated heterocycles. The van der Waals surface area contributed by atoms with E-state index in [1.54, 1.807) is 11.6 Å². The van der Waals surface area contributed by atoms with E-state index in [-0.39, 0.29) is 42.9 Å². The number of phenolic OH excluding ortho intramolecular Hbond substituents is 1. The number of amides is 3. The largest absolute Gasteiger partial charge is 0.503 e. The fourth-order valence-electron chi connectivity index (χ4n) is 8.96. The fourth-order valence-corrected chi connectivity index (χ4v) is 8.96. The number of anilines is 1. The molecule has 3 amide bonds. The summed E-state index contributed by atoms with van der Waals surface area (Å²) in [5, 5.41) is 20.1. The van der Waals surface area contributed by atoms with Crippen LogP contribution in [0.4, 0.5) is 19.1 Å². The summed E-state index contributed by atoms with van der Waals surface area (Å²) in [6.07, 6.45) is 9.30. The fraction of sp³-hybridized carbons (Fsp3) is 0.372. The third-order valence-electron chi connectivity index (χ3n) is 12.4. The molecule has 3 fully saturated rings. The van der Waals surface area contributed by atoms with Gasteiger partial charge in [0.2, 0.25) is 23.6 Å². The van der Waals surface area contributed by atoms with Crippen LogP contribution in [0.15, 0.2) is 65.8 Å². The summed E-state index contributed by atoms with van der Waals surface area (Å²) in [5.41, 5.74) is 4.00. The van der Waals surface area contributed by atoms with E-state index in [2.05, 4.69) is 20.4 Å². The zero-order chi connectivity index (χ0) is 42.5. The van der Waals surface area contributed by atoms with Crippen LogP contribution in [0.25, 0.3) is 33.1 Å². The molecule has 9 rings (SSSR count). The van der Waals surface area contributed by atoms with Crippen molar-refractivity contribution in [3.63, 3.8) is 0 Å². The Labute approximate surface area is 346 Å². The second-order valence-corrected chi connectivity index (χ2v) is 16.1. The number of piperidine rings is 1. The van der Waals surface area contributed by atoms with E-state index in [0.717, 1.165) is 71.9 Å². The smallest absolute Gasteiger partial charge is 0.329 e. The van der Waals surface area contributed by atoms with Gasteiger partial charge in [-0.15, -0.1) is 0 Å². The second kappa shape index (κ2) is 16.1. The van der Waals surface area contributed by atoms with E-state index in [0.29, 0.717) is 37.2 Å². The number of aromatic hydroxyl groups is 1. The zero-order valence-electron chi connectivity index (χ0n) is 33.3. The van der Waals surface area contributed by atoms with Gasteiger partial charge in [0.05, 0.1) is 28.2 Å². The Morgan fingerprint density at radius 1 is 0.918 bits per heavy atom. The summed E-state index contributed by atoms with van der Waals surface area (Å²) in [7, 11) is 1.72. The molecule has 5 heterocycles. The van der Waals surface area contributed by atoms with Gasteiger partial charge in [-0.05, 0) is 67.3 Å². The van der Waals surface area contributed by atoms with Crippen molar-refractivity contribution in [2.24, 2.45) is 13.0 Å². The molecule has 0 radical (unpaired) electrons. The number of hydrogen-bond donors (Lipinski definition) is 3. The molecule has 61 heavy (non-hydrogen) atoms. The predicted molar refractivity (Wildman–Crippen MR) is 218 cm³/mol. The third kappa shape index (κ3) is 7.60. The quantitative estimate of drug-likeness (QED) is 0.137. The molecule has 18 heteroatoms. The van der Waals surface area contributed by atoms with Crippen molar-refractivity contribution in [3.05, 3.63) is 100 Å². The second-order valence-electron chi connectivity index (χ2n) is 16.1. The van der Waals surface area contributed by atoms with Crippen LogP contribution in [0, 0.1) is 23.4 Å². The highest BCUT2D eigenvalue weighted by Gasteiger charge is 2.32. The molecular weight excluding hydrogens is 794 g/mol. The lowest BCUT2D eigenvalue weighted by atomic mass is 9.86. The lowest BCUT2D eigenvalue weighted by Crippen LogP contribution is -2.46. The minimum atomic E-state index is -1.79. The zero-order valence-corrected chi connectivity index (χ0v) is 33.3. The average Bonchev–Trinajstić information content (AvgIpc) is 3.81. The van der Waals surface area contributed by atoms with Crippen molar-refractivity contribution >= 4 is 45.6 Å². The number of aryl methyl sites for hydroxylation is 1. The van der Waals surface area contributed by atoms with E-state index in [1.165, 1.54) is 4.57 Å². The molecule has 3 N–H and O–H groups in total. The number of nitrogens with one attached hydrogen (secondary N) is 2. The summed E-state index contributed by atoms with van der Waals surface area (Å²) in [6.45, 7) is 3.80. The number of benzene rings is 3. The van der Waals surface area contributed by atoms with Crippen LogP contribution in [-0.2, 0) is 23.2 Å². The number of rotatable bonds is 9. The number of carbonyl (C=O) groups excluding carboxylic acids is 3. The molecule has 3 aromatic carbocycles. The molecule has 2 aliphatic heterocycles. The van der Waals surface area contributed by atoms with Crippen LogP contribution in [0.2, 0.25) is 0 Å². The van der Waals surface area contributed by atoms with Crippen molar-refractivity contribution < 1.29 is 32.7 Å². The number of carbonyl (C=O) groups is 3. The van der Waals surface area contributed by atoms with E-state index < -0.39 is 46.6 Å². The van der Waals surface area contributed by atoms with Crippen LogP contribution >= 0.6 is 0 Å². The van der Waals surface area contributed by atoms with E-state index in [4.69, 9.17) is 15.1 Å². The number of aromatic nitrogens is 6. The Kier molecular flexibility index (Phi) is 10.5. The Bertz CT molecular complexity index is 2750. The van der Waals surface area contributed by atoms with Gasteiger partial charge in [-0.3, -0.25) is 38.4 Å². The molecule has 1 aliphatic carbocycles. The number of phenols is 1.